The Hall–Kier alpha value is -2.59. The lowest BCUT2D eigenvalue weighted by Gasteiger charge is -2.32. The van der Waals surface area contributed by atoms with E-state index in [0.29, 0.717) is 18.9 Å². The van der Waals surface area contributed by atoms with Gasteiger partial charge in [-0.15, -0.1) is 0 Å². The van der Waals surface area contributed by atoms with Gasteiger partial charge in [0.2, 0.25) is 5.91 Å². The second-order valence-corrected chi connectivity index (χ2v) is 9.42. The first-order valence-corrected chi connectivity index (χ1v) is 11.9. The number of benzene rings is 1. The van der Waals surface area contributed by atoms with Crippen LogP contribution < -0.4 is 10.8 Å². The maximum atomic E-state index is 12.5. The number of nitrogens with zero attached hydrogens (tertiary/aromatic N) is 2. The van der Waals surface area contributed by atoms with E-state index >= 15 is 0 Å². The molecule has 1 saturated heterocycles. The van der Waals surface area contributed by atoms with Crippen molar-refractivity contribution in [3.8, 4) is 0 Å². The van der Waals surface area contributed by atoms with Crippen molar-refractivity contribution in [3.05, 3.63) is 24.0 Å². The summed E-state index contributed by atoms with van der Waals surface area (Å²) in [4.78, 5) is 33.3. The number of alkyl carbamates (subject to hydrolysis) is 1. The molecule has 9 nitrogen and oxygen atoms in total. The maximum absolute atomic E-state index is 12.5. The molecule has 0 atom stereocenters. The van der Waals surface area contributed by atoms with Crippen LogP contribution in [-0.2, 0) is 25.4 Å². The van der Waals surface area contributed by atoms with E-state index < -0.39 is 24.4 Å². The average molecular weight is 474 g/mol. The van der Waals surface area contributed by atoms with Crippen molar-refractivity contribution in [2.75, 3.05) is 20.2 Å². The van der Waals surface area contributed by atoms with E-state index in [1.54, 1.807) is 4.90 Å². The van der Waals surface area contributed by atoms with E-state index in [4.69, 9.17) is 9.31 Å². The lowest BCUT2D eigenvalue weighted by Crippen LogP contribution is -2.41. The number of carbonyl (C=O) groups excluding carboxylic acids is 2. The summed E-state index contributed by atoms with van der Waals surface area (Å²) < 4.78 is 16.8. The number of fused-ring (bicyclic) bond motifs is 1. The van der Waals surface area contributed by atoms with Crippen LogP contribution in [0.3, 0.4) is 0 Å². The largest absolute Gasteiger partial charge is 0.494 e. The number of aromatic nitrogens is 2. The van der Waals surface area contributed by atoms with Crippen LogP contribution in [-0.4, -0.2) is 65.4 Å². The van der Waals surface area contributed by atoms with Crippen LogP contribution in [0.4, 0.5) is 4.79 Å². The second kappa shape index (κ2) is 11.7. The number of H-pyrrole nitrogens is 1. The molecule has 2 heterocycles. The van der Waals surface area contributed by atoms with Gasteiger partial charge in [-0.1, -0.05) is 33.3 Å². The van der Waals surface area contributed by atoms with Gasteiger partial charge >= 0.3 is 13.2 Å². The zero-order chi connectivity index (χ0) is 25.5. The van der Waals surface area contributed by atoms with Gasteiger partial charge in [-0.2, -0.15) is 0 Å². The normalized spacial score (nSPS) is 16.1. The van der Waals surface area contributed by atoms with Crippen LogP contribution in [0.1, 0.15) is 67.1 Å². The first kappa shape index (κ1) is 27.7. The fraction of sp³-hybridized carbons (Fsp3) is 0.625. The minimum atomic E-state index is -0.635. The summed E-state index contributed by atoms with van der Waals surface area (Å²) in [5, 5.41) is 2.42. The van der Waals surface area contributed by atoms with E-state index in [1.807, 2.05) is 52.8 Å². The monoisotopic (exact) mass is 474 g/mol. The molecule has 1 fully saturated rings. The summed E-state index contributed by atoms with van der Waals surface area (Å²) in [5.41, 5.74) is 1.73. The van der Waals surface area contributed by atoms with Gasteiger partial charge in [0.1, 0.15) is 12.4 Å². The summed E-state index contributed by atoms with van der Waals surface area (Å²) in [6, 6.07) is 5.84. The van der Waals surface area contributed by atoms with Crippen molar-refractivity contribution in [1.82, 2.24) is 20.2 Å². The highest BCUT2D eigenvalue weighted by Crippen LogP contribution is 2.36. The van der Waals surface area contributed by atoms with Gasteiger partial charge < -0.3 is 29.2 Å². The highest BCUT2D eigenvalue weighted by Gasteiger charge is 2.51. The van der Waals surface area contributed by atoms with Gasteiger partial charge in [0.15, 0.2) is 0 Å². The van der Waals surface area contributed by atoms with E-state index in [9.17, 15) is 9.59 Å². The molecule has 2 N–H and O–H groups in total. The average Bonchev–Trinajstić information content (AvgIpc) is 3.27. The Morgan fingerprint density at radius 1 is 1.15 bits per heavy atom. The van der Waals surface area contributed by atoms with Crippen LogP contribution in [0.5, 0.6) is 0 Å². The highest BCUT2D eigenvalue weighted by atomic mass is 16.7. The maximum Gasteiger partial charge on any atom is 0.494 e. The third kappa shape index (κ3) is 6.73. The molecule has 0 bridgehead atoms. The number of amides is 2. The molecule has 0 unspecified atom stereocenters. The first-order chi connectivity index (χ1) is 16.0. The van der Waals surface area contributed by atoms with Gasteiger partial charge in [-0.05, 0) is 51.7 Å². The van der Waals surface area contributed by atoms with Crippen LogP contribution in [0, 0.1) is 0 Å². The van der Waals surface area contributed by atoms with Crippen LogP contribution in [0.15, 0.2) is 18.2 Å². The Morgan fingerprint density at radius 2 is 1.76 bits per heavy atom. The molecule has 2 amide bonds. The molecule has 3 rings (SSSR count). The molecule has 10 heteroatoms. The minimum absolute atomic E-state index is 0.126. The van der Waals surface area contributed by atoms with E-state index in [0.717, 1.165) is 22.9 Å². The van der Waals surface area contributed by atoms with Crippen molar-refractivity contribution < 1.29 is 23.6 Å². The molecule has 1 aromatic carbocycles. The summed E-state index contributed by atoms with van der Waals surface area (Å²) in [6.45, 7) is 15.1. The van der Waals surface area contributed by atoms with Gasteiger partial charge in [0, 0.05) is 6.54 Å². The Labute approximate surface area is 203 Å². The number of hydrogen-bond donors (Lipinski definition) is 2. The smallest absolute Gasteiger partial charge is 0.453 e. The van der Waals surface area contributed by atoms with Crippen molar-refractivity contribution in [2.45, 2.75) is 79.1 Å². The molecule has 0 radical (unpaired) electrons. The second-order valence-electron chi connectivity index (χ2n) is 9.42. The predicted molar refractivity (Wildman–Crippen MR) is 134 cm³/mol. The number of nitrogens with one attached hydrogen (secondary N) is 2. The summed E-state index contributed by atoms with van der Waals surface area (Å²) >= 11 is 0. The quantitative estimate of drug-likeness (QED) is 0.596. The Kier molecular flexibility index (Phi) is 9.52. The Morgan fingerprint density at radius 3 is 2.32 bits per heavy atom. The summed E-state index contributed by atoms with van der Waals surface area (Å²) in [7, 11) is 0.805. The van der Waals surface area contributed by atoms with Crippen LogP contribution >= 0.6 is 0 Å². The van der Waals surface area contributed by atoms with E-state index in [2.05, 4.69) is 33.9 Å². The fourth-order valence-electron chi connectivity index (χ4n) is 3.36. The highest BCUT2D eigenvalue weighted by molar-refractivity contribution is 6.62. The fourth-order valence-corrected chi connectivity index (χ4v) is 3.36. The van der Waals surface area contributed by atoms with Gasteiger partial charge in [-0.3, -0.25) is 4.79 Å². The zero-order valence-corrected chi connectivity index (χ0v) is 21.8. The lowest BCUT2D eigenvalue weighted by atomic mass is 9.79. The van der Waals surface area contributed by atoms with Gasteiger partial charge in [0.25, 0.3) is 0 Å². The molecule has 1 aliphatic rings. The standard InChI is InChI=1S/C21H31BN4O5.C3H8/c1-7-10-26(18(27)12-23-19(28)29-6)13-17-24-15-9-8-14(11-16(15)25-17)22-30-20(2,3)21(4,5)31-22;1-3-2/h8-9,11H,7,10,12-13H2,1-6H3,(H,23,28)(H,24,25);3H2,1-2H3. The number of hydrogen-bond acceptors (Lipinski definition) is 6. The summed E-state index contributed by atoms with van der Waals surface area (Å²) in [6.07, 6.45) is 1.40. The molecule has 0 spiro atoms. The van der Waals surface area contributed by atoms with Crippen molar-refractivity contribution in [1.29, 1.82) is 0 Å². The predicted octanol–water partition coefficient (Wildman–Crippen LogP) is 3.37. The molecule has 1 aliphatic heterocycles. The van der Waals surface area contributed by atoms with Gasteiger partial charge in [0.05, 0.1) is 35.9 Å². The van der Waals surface area contributed by atoms with Crippen molar-refractivity contribution in [2.24, 2.45) is 0 Å². The molecular formula is C24H39BN4O5. The number of imidazole rings is 1. The topological polar surface area (TPSA) is 106 Å². The van der Waals surface area contributed by atoms with Crippen LogP contribution in [0.2, 0.25) is 0 Å². The molecule has 188 valence electrons. The molecule has 0 aliphatic carbocycles. The van der Waals surface area contributed by atoms with E-state index in [-0.39, 0.29) is 12.5 Å². The Bertz CT molecular complexity index is 959. The van der Waals surface area contributed by atoms with Crippen molar-refractivity contribution >= 4 is 35.6 Å². The SMILES string of the molecule is CCC.CCCN(Cc1nc2ccc(B3OC(C)(C)C(C)(C)O3)cc2[nH]1)C(=O)CNC(=O)OC. The molecule has 1 aromatic heterocycles. The van der Waals surface area contributed by atoms with Gasteiger partial charge in [-0.25, -0.2) is 9.78 Å². The third-order valence-corrected chi connectivity index (χ3v) is 5.84. The molecule has 2 aromatic rings. The number of carbonyl (C=O) groups is 2. The Balaban J connectivity index is 0.00000129. The zero-order valence-electron chi connectivity index (χ0n) is 21.8. The number of aromatic amines is 1. The number of rotatable bonds is 7. The summed E-state index contributed by atoms with van der Waals surface area (Å²) in [5.74, 6) is 0.464. The lowest BCUT2D eigenvalue weighted by molar-refractivity contribution is -0.130. The van der Waals surface area contributed by atoms with E-state index in [1.165, 1.54) is 13.5 Å². The van der Waals surface area contributed by atoms with Crippen molar-refractivity contribution in [3.63, 3.8) is 0 Å². The number of methoxy groups -OCH3 is 1. The molecular weight excluding hydrogens is 435 g/mol. The first-order valence-electron chi connectivity index (χ1n) is 11.9. The third-order valence-electron chi connectivity index (χ3n) is 5.84. The van der Waals surface area contributed by atoms with Crippen LogP contribution in [0.25, 0.3) is 11.0 Å². The molecule has 0 saturated carbocycles. The number of ether oxygens (including phenoxy) is 1. The minimum Gasteiger partial charge on any atom is -0.453 e. The molecule has 34 heavy (non-hydrogen) atoms.